The Morgan fingerprint density at radius 2 is 0.708 bits per heavy atom. The minimum atomic E-state index is 0.283. The van der Waals surface area contributed by atoms with Crippen LogP contribution < -0.4 is 9.80 Å². The molecule has 48 heavy (non-hydrogen) atoms. The monoisotopic (exact) mass is 624 g/mol. The van der Waals surface area contributed by atoms with Gasteiger partial charge in [0.25, 0.3) is 0 Å². The summed E-state index contributed by atoms with van der Waals surface area (Å²) in [6.45, 7) is 9.10. The van der Waals surface area contributed by atoms with Crippen molar-refractivity contribution in [3.05, 3.63) is 145 Å². The maximum absolute atomic E-state index is 4.82. The van der Waals surface area contributed by atoms with Crippen LogP contribution in [-0.4, -0.2) is 19.9 Å². The van der Waals surface area contributed by atoms with E-state index in [1.54, 1.807) is 0 Å². The van der Waals surface area contributed by atoms with Crippen molar-refractivity contribution >= 4 is 67.0 Å². The summed E-state index contributed by atoms with van der Waals surface area (Å²) in [6, 6.07) is 38.0. The molecule has 4 aromatic heterocycles. The van der Waals surface area contributed by atoms with E-state index in [-0.39, 0.29) is 11.8 Å². The summed E-state index contributed by atoms with van der Waals surface area (Å²) >= 11 is 0. The SMILES string of the molecule is CC(C)c1cc(N(c2ccccn2)c2ccccn2)c2ccc3c(C(C)C)cc(N(c4ccccn4)c4ccccn4)c4ccc1c2c34. The van der Waals surface area contributed by atoms with Crippen molar-refractivity contribution in [2.24, 2.45) is 0 Å². The van der Waals surface area contributed by atoms with Gasteiger partial charge in [0.05, 0.1) is 11.4 Å². The van der Waals surface area contributed by atoms with Gasteiger partial charge >= 0.3 is 0 Å². The smallest absolute Gasteiger partial charge is 0.138 e. The number of anilines is 6. The predicted octanol–water partition coefficient (Wildman–Crippen LogP) is 11.4. The molecule has 6 heteroatoms. The zero-order chi connectivity index (χ0) is 32.8. The van der Waals surface area contributed by atoms with Gasteiger partial charge < -0.3 is 0 Å². The number of benzene rings is 4. The van der Waals surface area contributed by atoms with Crippen LogP contribution in [0.5, 0.6) is 0 Å². The van der Waals surface area contributed by atoms with Crippen molar-refractivity contribution in [3.63, 3.8) is 0 Å². The summed E-state index contributed by atoms with van der Waals surface area (Å²) in [5, 5.41) is 7.31. The van der Waals surface area contributed by atoms with Gasteiger partial charge in [0.15, 0.2) is 0 Å². The summed E-state index contributed by atoms with van der Waals surface area (Å²) in [7, 11) is 0. The molecule has 0 fully saturated rings. The Bertz CT molecular complexity index is 2090. The van der Waals surface area contributed by atoms with Gasteiger partial charge in [0, 0.05) is 35.6 Å². The quantitative estimate of drug-likeness (QED) is 0.157. The number of hydrogen-bond donors (Lipinski definition) is 0. The lowest BCUT2D eigenvalue weighted by atomic mass is 9.84. The van der Waals surface area contributed by atoms with Crippen LogP contribution in [0.15, 0.2) is 134 Å². The number of pyridine rings is 4. The molecule has 8 aromatic rings. The molecule has 0 radical (unpaired) electrons. The number of hydrogen-bond acceptors (Lipinski definition) is 6. The minimum absolute atomic E-state index is 0.283. The van der Waals surface area contributed by atoms with Crippen molar-refractivity contribution in [3.8, 4) is 0 Å². The fraction of sp³-hybridized carbons (Fsp3) is 0.143. The van der Waals surface area contributed by atoms with Crippen molar-refractivity contribution in [1.29, 1.82) is 0 Å². The summed E-state index contributed by atoms with van der Waals surface area (Å²) in [4.78, 5) is 23.7. The third-order valence-corrected chi connectivity index (χ3v) is 9.16. The van der Waals surface area contributed by atoms with Crippen molar-refractivity contribution in [1.82, 2.24) is 19.9 Å². The first-order valence-electron chi connectivity index (χ1n) is 16.5. The Kier molecular flexibility index (Phi) is 7.41. The molecule has 0 unspecified atom stereocenters. The first-order valence-corrected chi connectivity index (χ1v) is 16.5. The summed E-state index contributed by atoms with van der Waals surface area (Å²) in [5.74, 6) is 3.85. The summed E-state index contributed by atoms with van der Waals surface area (Å²) in [6.07, 6.45) is 7.37. The van der Waals surface area contributed by atoms with E-state index in [0.29, 0.717) is 0 Å². The number of nitrogens with zero attached hydrogens (tertiary/aromatic N) is 6. The Balaban J connectivity index is 1.53. The van der Waals surface area contributed by atoms with Crippen LogP contribution in [-0.2, 0) is 0 Å². The van der Waals surface area contributed by atoms with E-state index in [2.05, 4.69) is 73.9 Å². The molecule has 4 heterocycles. The molecular formula is C42H36N6. The molecule has 0 aliphatic carbocycles. The van der Waals surface area contributed by atoms with E-state index in [1.807, 2.05) is 97.6 Å². The number of aromatic nitrogens is 4. The minimum Gasteiger partial charge on any atom is -0.278 e. The fourth-order valence-electron chi connectivity index (χ4n) is 7.01. The highest BCUT2D eigenvalue weighted by Gasteiger charge is 2.26. The van der Waals surface area contributed by atoms with Crippen LogP contribution in [0.3, 0.4) is 0 Å². The third-order valence-electron chi connectivity index (χ3n) is 9.16. The molecule has 0 atom stereocenters. The second-order valence-electron chi connectivity index (χ2n) is 12.8. The Morgan fingerprint density at radius 3 is 0.979 bits per heavy atom. The predicted molar refractivity (Wildman–Crippen MR) is 199 cm³/mol. The molecule has 4 aromatic carbocycles. The normalized spacial score (nSPS) is 11.7. The van der Waals surface area contributed by atoms with E-state index in [9.17, 15) is 0 Å². The van der Waals surface area contributed by atoms with E-state index in [1.165, 1.54) is 32.7 Å². The molecule has 0 amide bonds. The highest BCUT2D eigenvalue weighted by atomic mass is 15.2. The fourth-order valence-corrected chi connectivity index (χ4v) is 7.01. The Hall–Kier alpha value is -5.88. The summed E-state index contributed by atoms with van der Waals surface area (Å²) in [5.41, 5.74) is 4.68. The van der Waals surface area contributed by atoms with E-state index in [0.717, 1.165) is 45.4 Å². The first-order chi connectivity index (χ1) is 23.5. The zero-order valence-corrected chi connectivity index (χ0v) is 27.5. The van der Waals surface area contributed by atoms with Gasteiger partial charge in [-0.25, -0.2) is 19.9 Å². The second kappa shape index (κ2) is 12.0. The van der Waals surface area contributed by atoms with Gasteiger partial charge in [-0.2, -0.15) is 0 Å². The van der Waals surface area contributed by atoms with Crippen LogP contribution in [0.1, 0.15) is 50.7 Å². The Labute approximate surface area is 280 Å². The van der Waals surface area contributed by atoms with E-state index < -0.39 is 0 Å². The zero-order valence-electron chi connectivity index (χ0n) is 27.5. The maximum atomic E-state index is 4.82. The summed E-state index contributed by atoms with van der Waals surface area (Å²) < 4.78 is 0. The lowest BCUT2D eigenvalue weighted by molar-refractivity contribution is 0.875. The van der Waals surface area contributed by atoms with Gasteiger partial charge in [-0.15, -0.1) is 0 Å². The molecule has 0 spiro atoms. The molecule has 8 rings (SSSR count). The highest BCUT2D eigenvalue weighted by molar-refractivity contribution is 6.29. The van der Waals surface area contributed by atoms with E-state index >= 15 is 0 Å². The molecule has 0 saturated carbocycles. The van der Waals surface area contributed by atoms with Crippen molar-refractivity contribution in [2.75, 3.05) is 9.80 Å². The van der Waals surface area contributed by atoms with Gasteiger partial charge in [-0.05, 0) is 105 Å². The first kappa shape index (κ1) is 29.5. The van der Waals surface area contributed by atoms with Crippen molar-refractivity contribution < 1.29 is 0 Å². The lowest BCUT2D eigenvalue weighted by Crippen LogP contribution is -2.15. The molecule has 0 aliphatic heterocycles. The van der Waals surface area contributed by atoms with Crippen LogP contribution in [0.25, 0.3) is 32.3 Å². The van der Waals surface area contributed by atoms with Gasteiger partial charge in [-0.1, -0.05) is 76.2 Å². The van der Waals surface area contributed by atoms with Crippen LogP contribution in [0.4, 0.5) is 34.6 Å². The van der Waals surface area contributed by atoms with Gasteiger partial charge in [0.2, 0.25) is 0 Å². The molecule has 6 nitrogen and oxygen atoms in total. The third kappa shape index (κ3) is 4.88. The molecule has 0 aliphatic rings. The van der Waals surface area contributed by atoms with Gasteiger partial charge in [-0.3, -0.25) is 9.80 Å². The Morgan fingerprint density at radius 1 is 0.396 bits per heavy atom. The van der Waals surface area contributed by atoms with E-state index in [4.69, 9.17) is 19.9 Å². The maximum Gasteiger partial charge on any atom is 0.138 e. The molecular weight excluding hydrogens is 589 g/mol. The molecule has 0 bridgehead atoms. The second-order valence-corrected chi connectivity index (χ2v) is 12.8. The topological polar surface area (TPSA) is 58.0 Å². The highest BCUT2D eigenvalue weighted by Crippen LogP contribution is 2.50. The number of rotatable bonds is 8. The molecule has 234 valence electrons. The standard InChI is InChI=1S/C42H36N6/c1-27(2)33-25-35(47(37-13-5-9-21-43-37)38-14-6-10-22-44-38)31-20-18-30-34(28(3)4)26-36(32-19-17-29(33)41(31)42(30)32)48(39-15-7-11-23-45-39)40-16-8-12-24-46-40/h5-28H,1-4H3. The van der Waals surface area contributed by atoms with Crippen LogP contribution >= 0.6 is 0 Å². The lowest BCUT2D eigenvalue weighted by Gasteiger charge is -2.30. The molecule has 0 saturated heterocycles. The van der Waals surface area contributed by atoms with Crippen LogP contribution in [0.2, 0.25) is 0 Å². The molecule has 0 N–H and O–H groups in total. The van der Waals surface area contributed by atoms with Crippen molar-refractivity contribution in [2.45, 2.75) is 39.5 Å². The average Bonchev–Trinajstić information content (AvgIpc) is 3.13. The van der Waals surface area contributed by atoms with Gasteiger partial charge in [0.1, 0.15) is 23.3 Å². The largest absolute Gasteiger partial charge is 0.278 e. The van der Waals surface area contributed by atoms with Crippen LogP contribution in [0, 0.1) is 0 Å². The average molecular weight is 625 g/mol.